The number of fused-ring (bicyclic) bond motifs is 1. The number of H-pyrrole nitrogens is 1. The standard InChI is InChI=1S/C28H35N7O/c1-18-8-10-21-17-22(27(36)29-23(21)15-18)25(26-30-31-32-35(26)28(4,5)6)34-13-11-33(12-14-34)24-16-19(2)7-9-20(24)3/h7-10,15-17,25H,11-14H2,1-6H3,(H,29,36)/t25-/m0/s1. The quantitative estimate of drug-likeness (QED) is 0.469. The lowest BCUT2D eigenvalue weighted by Crippen LogP contribution is -2.49. The molecule has 1 saturated heterocycles. The third kappa shape index (κ3) is 4.53. The molecule has 188 valence electrons. The van der Waals surface area contributed by atoms with Crippen LogP contribution in [0.2, 0.25) is 0 Å². The van der Waals surface area contributed by atoms with E-state index in [9.17, 15) is 4.79 Å². The van der Waals surface area contributed by atoms with E-state index in [1.54, 1.807) is 0 Å². The van der Waals surface area contributed by atoms with Crippen molar-refractivity contribution in [3.8, 4) is 0 Å². The number of aromatic nitrogens is 5. The number of aryl methyl sites for hydroxylation is 3. The summed E-state index contributed by atoms with van der Waals surface area (Å²) in [6, 6.07) is 14.4. The van der Waals surface area contributed by atoms with E-state index >= 15 is 0 Å². The average Bonchev–Trinajstić information content (AvgIpc) is 3.32. The van der Waals surface area contributed by atoms with E-state index in [-0.39, 0.29) is 17.1 Å². The lowest BCUT2D eigenvalue weighted by molar-refractivity contribution is 0.190. The van der Waals surface area contributed by atoms with Gasteiger partial charge in [-0.05, 0) is 92.2 Å². The van der Waals surface area contributed by atoms with Crippen LogP contribution in [0, 0.1) is 20.8 Å². The Kier molecular flexibility index (Phi) is 6.16. The third-order valence-electron chi connectivity index (χ3n) is 7.08. The molecule has 0 unspecified atom stereocenters. The van der Waals surface area contributed by atoms with Gasteiger partial charge in [0.1, 0.15) is 6.04 Å². The van der Waals surface area contributed by atoms with E-state index < -0.39 is 0 Å². The predicted octanol–water partition coefficient (Wildman–Crippen LogP) is 4.11. The second-order valence-electron chi connectivity index (χ2n) is 11.0. The highest BCUT2D eigenvalue weighted by Gasteiger charge is 2.35. The van der Waals surface area contributed by atoms with Crippen LogP contribution >= 0.6 is 0 Å². The van der Waals surface area contributed by atoms with Crippen LogP contribution in [0.3, 0.4) is 0 Å². The van der Waals surface area contributed by atoms with Gasteiger partial charge in [-0.25, -0.2) is 4.68 Å². The molecule has 36 heavy (non-hydrogen) atoms. The smallest absolute Gasteiger partial charge is 0.253 e. The number of rotatable bonds is 4. The molecule has 5 rings (SSSR count). The zero-order valence-corrected chi connectivity index (χ0v) is 22.0. The van der Waals surface area contributed by atoms with Crippen LogP contribution in [0.4, 0.5) is 5.69 Å². The number of anilines is 1. The minimum Gasteiger partial charge on any atom is -0.369 e. The lowest BCUT2D eigenvalue weighted by atomic mass is 10.0. The van der Waals surface area contributed by atoms with E-state index in [1.807, 2.05) is 23.7 Å². The summed E-state index contributed by atoms with van der Waals surface area (Å²) in [4.78, 5) is 21.4. The van der Waals surface area contributed by atoms with Gasteiger partial charge in [0.2, 0.25) is 0 Å². The zero-order valence-electron chi connectivity index (χ0n) is 22.0. The summed E-state index contributed by atoms with van der Waals surface area (Å²) < 4.78 is 1.85. The molecule has 0 radical (unpaired) electrons. The van der Waals surface area contributed by atoms with Crippen molar-refractivity contribution in [2.24, 2.45) is 0 Å². The molecule has 0 saturated carbocycles. The van der Waals surface area contributed by atoms with Gasteiger partial charge in [-0.2, -0.15) is 0 Å². The van der Waals surface area contributed by atoms with E-state index in [0.717, 1.165) is 42.6 Å². The summed E-state index contributed by atoms with van der Waals surface area (Å²) in [5.41, 5.74) is 6.04. The van der Waals surface area contributed by atoms with Crippen LogP contribution in [-0.2, 0) is 5.54 Å². The average molecular weight is 486 g/mol. The maximum atomic E-state index is 13.5. The first-order valence-electron chi connectivity index (χ1n) is 12.6. The highest BCUT2D eigenvalue weighted by molar-refractivity contribution is 5.79. The molecule has 0 spiro atoms. The molecule has 0 amide bonds. The van der Waals surface area contributed by atoms with Crippen LogP contribution in [0.1, 0.15) is 54.9 Å². The van der Waals surface area contributed by atoms with Crippen LogP contribution in [0.15, 0.2) is 47.3 Å². The number of hydrogen-bond acceptors (Lipinski definition) is 6. The molecule has 8 heteroatoms. The van der Waals surface area contributed by atoms with Crippen molar-refractivity contribution in [1.29, 1.82) is 0 Å². The Labute approximate surface area is 211 Å². The first-order valence-corrected chi connectivity index (χ1v) is 12.6. The minimum absolute atomic E-state index is 0.0986. The van der Waals surface area contributed by atoms with E-state index in [0.29, 0.717) is 11.4 Å². The molecule has 0 aliphatic carbocycles. The van der Waals surface area contributed by atoms with Gasteiger partial charge < -0.3 is 9.88 Å². The third-order valence-corrected chi connectivity index (χ3v) is 7.08. The summed E-state index contributed by atoms with van der Waals surface area (Å²) >= 11 is 0. The summed E-state index contributed by atoms with van der Waals surface area (Å²) in [5, 5.41) is 13.8. The van der Waals surface area contributed by atoms with Crippen molar-refractivity contribution in [2.75, 3.05) is 31.1 Å². The number of piperazine rings is 1. The molecule has 1 aliphatic heterocycles. The van der Waals surface area contributed by atoms with Crippen molar-refractivity contribution in [1.82, 2.24) is 30.1 Å². The van der Waals surface area contributed by atoms with Crippen LogP contribution < -0.4 is 10.5 Å². The molecule has 2 aromatic carbocycles. The van der Waals surface area contributed by atoms with Gasteiger partial charge in [-0.15, -0.1) is 5.10 Å². The molecule has 3 heterocycles. The molecule has 0 bridgehead atoms. The van der Waals surface area contributed by atoms with Crippen LogP contribution in [0.5, 0.6) is 0 Å². The Morgan fingerprint density at radius 1 is 0.917 bits per heavy atom. The Bertz CT molecular complexity index is 1460. The molecular formula is C28H35N7O. The number of hydrogen-bond donors (Lipinski definition) is 1. The Morgan fingerprint density at radius 2 is 1.61 bits per heavy atom. The Hall–Kier alpha value is -3.52. The normalized spacial score (nSPS) is 16.0. The number of nitrogens with one attached hydrogen (secondary N) is 1. The van der Waals surface area contributed by atoms with Crippen molar-refractivity contribution in [2.45, 2.75) is 53.1 Å². The summed E-state index contributed by atoms with van der Waals surface area (Å²) in [6.45, 7) is 15.9. The van der Waals surface area contributed by atoms with Gasteiger partial charge in [0.15, 0.2) is 5.82 Å². The summed E-state index contributed by atoms with van der Waals surface area (Å²) in [6.07, 6.45) is 0. The molecule has 1 fully saturated rings. The van der Waals surface area contributed by atoms with E-state index in [4.69, 9.17) is 0 Å². The molecule has 1 atom stereocenters. The molecule has 2 aromatic heterocycles. The SMILES string of the molecule is Cc1ccc(C)c(N2CCN([C@@H](c3cc4ccc(C)cc4[nH]c3=O)c3nnnn3C(C)(C)C)CC2)c1. The van der Waals surface area contributed by atoms with Crippen molar-refractivity contribution in [3.63, 3.8) is 0 Å². The number of pyridine rings is 1. The maximum Gasteiger partial charge on any atom is 0.253 e. The minimum atomic E-state index is -0.352. The second kappa shape index (κ2) is 9.17. The predicted molar refractivity (Wildman–Crippen MR) is 144 cm³/mol. The molecule has 4 aromatic rings. The monoisotopic (exact) mass is 485 g/mol. The van der Waals surface area contributed by atoms with Gasteiger partial charge in [-0.1, -0.05) is 24.3 Å². The van der Waals surface area contributed by atoms with Crippen molar-refractivity contribution >= 4 is 16.6 Å². The second-order valence-corrected chi connectivity index (χ2v) is 11.0. The largest absolute Gasteiger partial charge is 0.369 e. The van der Waals surface area contributed by atoms with Crippen molar-refractivity contribution in [3.05, 3.63) is 80.9 Å². The Morgan fingerprint density at radius 3 is 2.33 bits per heavy atom. The maximum absolute atomic E-state index is 13.5. The summed E-state index contributed by atoms with van der Waals surface area (Å²) in [5.74, 6) is 0.694. The molecule has 1 aliphatic rings. The number of tetrazole rings is 1. The fourth-order valence-corrected chi connectivity index (χ4v) is 5.16. The van der Waals surface area contributed by atoms with Gasteiger partial charge in [0.05, 0.1) is 5.54 Å². The van der Waals surface area contributed by atoms with E-state index in [1.165, 1.54) is 16.8 Å². The molecule has 8 nitrogen and oxygen atoms in total. The number of benzene rings is 2. The van der Waals surface area contributed by atoms with Crippen molar-refractivity contribution < 1.29 is 0 Å². The first kappa shape index (κ1) is 24.2. The zero-order chi connectivity index (χ0) is 25.6. The van der Waals surface area contributed by atoms with Gasteiger partial charge >= 0.3 is 0 Å². The highest BCUT2D eigenvalue weighted by Crippen LogP contribution is 2.31. The van der Waals surface area contributed by atoms with Crippen LogP contribution in [-0.4, -0.2) is 56.3 Å². The first-order chi connectivity index (χ1) is 17.1. The van der Waals surface area contributed by atoms with Gasteiger partial charge in [-0.3, -0.25) is 9.69 Å². The highest BCUT2D eigenvalue weighted by atomic mass is 16.1. The summed E-state index contributed by atoms with van der Waals surface area (Å²) in [7, 11) is 0. The molecular weight excluding hydrogens is 450 g/mol. The lowest BCUT2D eigenvalue weighted by Gasteiger charge is -2.40. The fraction of sp³-hybridized carbons (Fsp3) is 0.429. The molecule has 1 N–H and O–H groups in total. The van der Waals surface area contributed by atoms with Gasteiger partial charge in [0, 0.05) is 42.9 Å². The fourth-order valence-electron chi connectivity index (χ4n) is 5.16. The van der Waals surface area contributed by atoms with Gasteiger partial charge in [0.25, 0.3) is 5.56 Å². The van der Waals surface area contributed by atoms with Crippen LogP contribution in [0.25, 0.3) is 10.9 Å². The van der Waals surface area contributed by atoms with E-state index in [2.05, 4.69) is 95.3 Å². The Balaban J connectivity index is 1.55. The number of aromatic amines is 1. The topological polar surface area (TPSA) is 82.9 Å². The number of nitrogens with zero attached hydrogens (tertiary/aromatic N) is 6.